The third kappa shape index (κ3) is 20.1. The van der Waals surface area contributed by atoms with Gasteiger partial charge in [0.25, 0.3) is 0 Å². The number of hydrogen-bond acceptors (Lipinski definition) is 5. The van der Waals surface area contributed by atoms with Crippen molar-refractivity contribution in [2.45, 2.75) is 115 Å². The quantitative estimate of drug-likeness (QED) is 0.134. The van der Waals surface area contributed by atoms with Gasteiger partial charge >= 0.3 is 41.7 Å². The maximum atomic E-state index is 12.1. The molecule has 0 amide bonds. The van der Waals surface area contributed by atoms with E-state index < -0.39 is 34.1 Å². The van der Waals surface area contributed by atoms with Crippen LogP contribution >= 0.6 is 0 Å². The van der Waals surface area contributed by atoms with Crippen molar-refractivity contribution in [2.24, 2.45) is 0 Å². The summed E-state index contributed by atoms with van der Waals surface area (Å²) in [5, 5.41) is -2.07. The Balaban J connectivity index is 0. The Labute approximate surface area is 201 Å². The van der Waals surface area contributed by atoms with E-state index in [1.54, 1.807) is 0 Å². The minimum atomic E-state index is -5.04. The van der Waals surface area contributed by atoms with Gasteiger partial charge in [-0.15, -0.1) is 0 Å². The van der Waals surface area contributed by atoms with Gasteiger partial charge in [-0.1, -0.05) is 96.8 Å². The molecule has 0 bridgehead atoms. The minimum absolute atomic E-state index is 0. The average Bonchev–Trinajstić information content (AvgIpc) is 2.61. The van der Waals surface area contributed by atoms with E-state index in [4.69, 9.17) is 0 Å². The largest absolute Gasteiger partial charge is 1.00 e. The van der Waals surface area contributed by atoms with Crippen molar-refractivity contribution in [1.29, 1.82) is 0 Å². The third-order valence-corrected chi connectivity index (χ3v) is 5.93. The Hall–Kier alpha value is 0.170. The molecule has 0 spiro atoms. The molecule has 5 nitrogen and oxygen atoms in total. The third-order valence-electron chi connectivity index (χ3n) is 4.81. The van der Waals surface area contributed by atoms with Crippen LogP contribution in [0.4, 0.5) is 13.2 Å². The number of carbonyl (C=O) groups is 1. The van der Waals surface area contributed by atoms with Crippen LogP contribution in [0.5, 0.6) is 0 Å². The second-order valence-corrected chi connectivity index (χ2v) is 9.14. The Kier molecular flexibility index (Phi) is 20.2. The van der Waals surface area contributed by atoms with Crippen LogP contribution < -0.4 is 29.6 Å². The fourth-order valence-electron chi connectivity index (χ4n) is 3.15. The smallest absolute Gasteiger partial charge is 0.747 e. The standard InChI is InChI=1S/C20H37F3O5S.Na/c1-2-3-4-5-6-7-8-9-10-11-12-13-14-15-16-18(29(25,26)27)19(24)28-17-20(21,22)23;/h18H,2-17H2,1H3,(H,25,26,27);/q;+1/p-1. The van der Waals surface area contributed by atoms with E-state index in [9.17, 15) is 30.9 Å². The van der Waals surface area contributed by atoms with Crippen LogP contribution in [0.2, 0.25) is 0 Å². The van der Waals surface area contributed by atoms with Crippen LogP contribution in [0.1, 0.15) is 103 Å². The molecule has 0 aliphatic heterocycles. The minimum Gasteiger partial charge on any atom is -0.747 e. The van der Waals surface area contributed by atoms with E-state index >= 15 is 0 Å². The van der Waals surface area contributed by atoms with Gasteiger partial charge in [-0.2, -0.15) is 13.2 Å². The number of carbonyl (C=O) groups excluding carboxylic acids is 1. The molecule has 0 aliphatic carbocycles. The van der Waals surface area contributed by atoms with Crippen LogP contribution in [0.15, 0.2) is 0 Å². The molecule has 1 unspecified atom stereocenters. The molecule has 0 aliphatic rings. The number of unbranched alkanes of at least 4 members (excludes halogenated alkanes) is 13. The zero-order valence-electron chi connectivity index (χ0n) is 18.5. The van der Waals surface area contributed by atoms with Gasteiger partial charge in [-0.05, 0) is 6.42 Å². The molecular formula is C20H36F3NaO5S. The Morgan fingerprint density at radius 2 is 1.20 bits per heavy atom. The molecule has 0 fully saturated rings. The SMILES string of the molecule is CCCCCCCCCCCCCCCCC(C(=O)OCC(F)(F)F)S(=O)(=O)[O-].[Na+]. The summed E-state index contributed by atoms with van der Waals surface area (Å²) in [5.41, 5.74) is 0. The molecule has 30 heavy (non-hydrogen) atoms. The van der Waals surface area contributed by atoms with Crippen LogP contribution in [0.3, 0.4) is 0 Å². The summed E-state index contributed by atoms with van der Waals surface area (Å²) in [7, 11) is -5.04. The van der Waals surface area contributed by atoms with Gasteiger partial charge in [0.15, 0.2) is 6.61 Å². The second-order valence-electron chi connectivity index (χ2n) is 7.59. The number of esters is 1. The van der Waals surface area contributed by atoms with E-state index in [-0.39, 0.29) is 42.4 Å². The van der Waals surface area contributed by atoms with E-state index in [2.05, 4.69) is 11.7 Å². The van der Waals surface area contributed by atoms with Gasteiger partial charge < -0.3 is 9.29 Å². The molecule has 174 valence electrons. The van der Waals surface area contributed by atoms with Crippen molar-refractivity contribution in [1.82, 2.24) is 0 Å². The van der Waals surface area contributed by atoms with Crippen molar-refractivity contribution >= 4 is 16.1 Å². The monoisotopic (exact) mass is 468 g/mol. The van der Waals surface area contributed by atoms with Gasteiger partial charge in [0.1, 0.15) is 15.4 Å². The summed E-state index contributed by atoms with van der Waals surface area (Å²) in [6.45, 7) is 0.313. The topological polar surface area (TPSA) is 83.5 Å². The van der Waals surface area contributed by atoms with Gasteiger partial charge in [0.05, 0.1) is 0 Å². The second kappa shape index (κ2) is 18.7. The maximum Gasteiger partial charge on any atom is 1.00 e. The van der Waals surface area contributed by atoms with Crippen LogP contribution in [-0.2, 0) is 19.6 Å². The van der Waals surface area contributed by atoms with Crippen LogP contribution in [-0.4, -0.2) is 37.0 Å². The number of alkyl halides is 3. The van der Waals surface area contributed by atoms with Gasteiger partial charge in [0, 0.05) is 0 Å². The summed E-state index contributed by atoms with van der Waals surface area (Å²) in [6, 6.07) is 0. The summed E-state index contributed by atoms with van der Waals surface area (Å²) < 4.78 is 73.5. The molecule has 0 heterocycles. The number of halogens is 3. The first kappa shape index (κ1) is 32.4. The molecule has 0 saturated carbocycles. The molecule has 0 radical (unpaired) electrons. The van der Waals surface area contributed by atoms with Gasteiger partial charge in [-0.25, -0.2) is 8.42 Å². The number of hydrogen-bond donors (Lipinski definition) is 0. The van der Waals surface area contributed by atoms with E-state index in [0.29, 0.717) is 6.42 Å². The van der Waals surface area contributed by atoms with E-state index in [0.717, 1.165) is 25.7 Å². The predicted octanol–water partition coefficient (Wildman–Crippen LogP) is 2.88. The first-order chi connectivity index (χ1) is 13.6. The summed E-state index contributed by atoms with van der Waals surface area (Å²) >= 11 is 0. The molecule has 0 aromatic carbocycles. The summed E-state index contributed by atoms with van der Waals surface area (Å²) in [4.78, 5) is 11.5. The molecule has 0 aromatic rings. The molecule has 0 rings (SSSR count). The fourth-order valence-corrected chi connectivity index (χ4v) is 3.91. The molecule has 10 heteroatoms. The normalized spacial score (nSPS) is 13.0. The Bertz CT molecular complexity index is 527. The van der Waals surface area contributed by atoms with Gasteiger partial charge in [-0.3, -0.25) is 4.79 Å². The van der Waals surface area contributed by atoms with Gasteiger partial charge in [0.2, 0.25) is 0 Å². The van der Waals surface area contributed by atoms with E-state index in [1.807, 2.05) is 0 Å². The van der Waals surface area contributed by atoms with Crippen LogP contribution in [0, 0.1) is 0 Å². The van der Waals surface area contributed by atoms with Crippen molar-refractivity contribution in [3.8, 4) is 0 Å². The van der Waals surface area contributed by atoms with Crippen LogP contribution in [0.25, 0.3) is 0 Å². The number of rotatable bonds is 18. The average molecular weight is 469 g/mol. The first-order valence-corrected chi connectivity index (χ1v) is 12.2. The van der Waals surface area contributed by atoms with Crippen molar-refractivity contribution in [2.75, 3.05) is 6.61 Å². The molecule has 0 aromatic heterocycles. The number of ether oxygens (including phenoxy) is 1. The zero-order chi connectivity index (χ0) is 22.2. The molecule has 0 N–H and O–H groups in total. The Morgan fingerprint density at radius 3 is 1.53 bits per heavy atom. The Morgan fingerprint density at radius 1 is 0.833 bits per heavy atom. The van der Waals surface area contributed by atoms with Crippen molar-refractivity contribution < 1.29 is 65.2 Å². The first-order valence-electron chi connectivity index (χ1n) is 10.8. The molecular weight excluding hydrogens is 432 g/mol. The fraction of sp³-hybridized carbons (Fsp3) is 0.950. The van der Waals surface area contributed by atoms with E-state index in [1.165, 1.54) is 51.4 Å². The summed E-state index contributed by atoms with van der Waals surface area (Å²) in [5.74, 6) is -1.62. The van der Waals surface area contributed by atoms with Crippen molar-refractivity contribution in [3.63, 3.8) is 0 Å². The molecule has 1 atom stereocenters. The zero-order valence-corrected chi connectivity index (χ0v) is 21.3. The predicted molar refractivity (Wildman–Crippen MR) is 105 cm³/mol. The maximum absolute atomic E-state index is 12.1. The van der Waals surface area contributed by atoms with Crippen molar-refractivity contribution in [3.05, 3.63) is 0 Å². The molecule has 0 saturated heterocycles. The summed E-state index contributed by atoms with van der Waals surface area (Å²) in [6.07, 6.45) is 10.1.